The third-order valence-corrected chi connectivity index (χ3v) is 3.52. The van der Waals surface area contributed by atoms with Gasteiger partial charge in [0.25, 0.3) is 0 Å². The van der Waals surface area contributed by atoms with Gasteiger partial charge in [-0.1, -0.05) is 0 Å². The molecule has 0 aliphatic heterocycles. The zero-order chi connectivity index (χ0) is 18.9. The minimum atomic E-state index is -4.59. The highest BCUT2D eigenvalue weighted by molar-refractivity contribution is 5.93. The van der Waals surface area contributed by atoms with Crippen LogP contribution in [0.15, 0.2) is 36.7 Å². The van der Waals surface area contributed by atoms with Crippen LogP contribution in [0.1, 0.15) is 16.7 Å². The Kier molecular flexibility index (Phi) is 4.18. The van der Waals surface area contributed by atoms with Gasteiger partial charge in [0, 0.05) is 23.4 Å². The maximum atomic E-state index is 13.0. The number of benzene rings is 1. The van der Waals surface area contributed by atoms with Gasteiger partial charge in [-0.3, -0.25) is 4.79 Å². The standard InChI is InChI=1S/C17H10F3N5O/c18-17(19,20)12-4-9(6-21)3-11(5-12)13-8-24-16-15(25-13)10(7-23-16)1-2-14(22)26/h1-5,7-8H,(H2,22,26)(H,23,24). The first-order valence-corrected chi connectivity index (χ1v) is 7.22. The highest BCUT2D eigenvalue weighted by Crippen LogP contribution is 2.33. The Labute approximate surface area is 144 Å². The lowest BCUT2D eigenvalue weighted by Crippen LogP contribution is -2.06. The molecule has 0 atom stereocenters. The molecular formula is C17H10F3N5O. The molecule has 0 radical (unpaired) electrons. The molecule has 0 aliphatic rings. The Bertz CT molecular complexity index is 1080. The van der Waals surface area contributed by atoms with Crippen LogP contribution >= 0.6 is 0 Å². The maximum absolute atomic E-state index is 13.0. The molecule has 0 bridgehead atoms. The van der Waals surface area contributed by atoms with E-state index in [0.717, 1.165) is 18.2 Å². The Morgan fingerprint density at radius 3 is 2.73 bits per heavy atom. The van der Waals surface area contributed by atoms with Gasteiger partial charge in [0.2, 0.25) is 5.91 Å². The molecular weight excluding hydrogens is 347 g/mol. The Morgan fingerprint density at radius 2 is 2.08 bits per heavy atom. The quantitative estimate of drug-likeness (QED) is 0.702. The number of H-pyrrole nitrogens is 1. The number of nitrogens with two attached hydrogens (primary N) is 1. The predicted octanol–water partition coefficient (Wildman–Crippen LogP) is 3.01. The van der Waals surface area contributed by atoms with Crippen LogP contribution < -0.4 is 5.73 Å². The zero-order valence-corrected chi connectivity index (χ0v) is 13.0. The lowest BCUT2D eigenvalue weighted by Gasteiger charge is -2.09. The van der Waals surface area contributed by atoms with Gasteiger partial charge in [-0.25, -0.2) is 9.97 Å². The van der Waals surface area contributed by atoms with E-state index in [0.29, 0.717) is 16.7 Å². The first-order chi connectivity index (χ1) is 12.3. The number of nitrogens with zero attached hydrogens (tertiary/aromatic N) is 3. The van der Waals surface area contributed by atoms with E-state index in [9.17, 15) is 18.0 Å². The molecule has 0 saturated heterocycles. The molecule has 0 saturated carbocycles. The number of nitriles is 1. The summed E-state index contributed by atoms with van der Waals surface area (Å²) in [6.07, 6.45) is 0.807. The summed E-state index contributed by atoms with van der Waals surface area (Å²) in [4.78, 5) is 22.1. The van der Waals surface area contributed by atoms with Crippen LogP contribution in [-0.4, -0.2) is 20.9 Å². The normalized spacial score (nSPS) is 11.8. The fraction of sp³-hybridized carbons (Fsp3) is 0.0588. The highest BCUT2D eigenvalue weighted by Gasteiger charge is 2.31. The van der Waals surface area contributed by atoms with Gasteiger partial charge < -0.3 is 10.7 Å². The molecule has 1 amide bonds. The van der Waals surface area contributed by atoms with Gasteiger partial charge in [-0.15, -0.1) is 0 Å². The number of fused-ring (bicyclic) bond motifs is 1. The molecule has 6 nitrogen and oxygen atoms in total. The van der Waals surface area contributed by atoms with Gasteiger partial charge in [-0.05, 0) is 24.3 Å². The largest absolute Gasteiger partial charge is 0.416 e. The number of carbonyl (C=O) groups is 1. The number of halogens is 3. The van der Waals surface area contributed by atoms with Crippen LogP contribution in [0.25, 0.3) is 28.5 Å². The zero-order valence-electron chi connectivity index (χ0n) is 13.0. The van der Waals surface area contributed by atoms with Gasteiger partial charge in [0.05, 0.1) is 29.1 Å². The number of hydrogen-bond donors (Lipinski definition) is 2. The molecule has 26 heavy (non-hydrogen) atoms. The predicted molar refractivity (Wildman–Crippen MR) is 87.3 cm³/mol. The third kappa shape index (κ3) is 3.39. The van der Waals surface area contributed by atoms with Crippen LogP contribution in [-0.2, 0) is 11.0 Å². The number of aromatic nitrogens is 3. The summed E-state index contributed by atoms with van der Waals surface area (Å²) < 4.78 is 39.1. The van der Waals surface area contributed by atoms with Crippen LogP contribution in [0, 0.1) is 11.3 Å². The van der Waals surface area contributed by atoms with Crippen molar-refractivity contribution in [1.29, 1.82) is 5.26 Å². The van der Waals surface area contributed by atoms with Crippen LogP contribution in [0.4, 0.5) is 13.2 Å². The van der Waals surface area contributed by atoms with Crippen molar-refractivity contribution in [3.05, 3.63) is 53.4 Å². The maximum Gasteiger partial charge on any atom is 0.416 e. The van der Waals surface area contributed by atoms with Crippen molar-refractivity contribution in [2.45, 2.75) is 6.18 Å². The highest BCUT2D eigenvalue weighted by atomic mass is 19.4. The smallest absolute Gasteiger partial charge is 0.366 e. The minimum absolute atomic E-state index is 0.108. The molecule has 130 valence electrons. The van der Waals surface area contributed by atoms with Crippen LogP contribution in [0.5, 0.6) is 0 Å². The van der Waals surface area contributed by atoms with Crippen molar-refractivity contribution in [2.24, 2.45) is 5.73 Å². The molecule has 3 N–H and O–H groups in total. The fourth-order valence-corrected chi connectivity index (χ4v) is 2.35. The van der Waals surface area contributed by atoms with Crippen molar-refractivity contribution in [2.75, 3.05) is 0 Å². The average Bonchev–Trinajstić information content (AvgIpc) is 3.01. The van der Waals surface area contributed by atoms with Gasteiger partial charge >= 0.3 is 6.18 Å². The number of rotatable bonds is 3. The van der Waals surface area contributed by atoms with Gasteiger partial charge in [0.15, 0.2) is 5.65 Å². The summed E-state index contributed by atoms with van der Waals surface area (Å²) in [7, 11) is 0. The number of primary amides is 1. The first kappa shape index (κ1) is 17.2. The minimum Gasteiger partial charge on any atom is -0.366 e. The molecule has 0 aliphatic carbocycles. The lowest BCUT2D eigenvalue weighted by molar-refractivity contribution is -0.137. The van der Waals surface area contributed by atoms with Gasteiger partial charge in [-0.2, -0.15) is 18.4 Å². The molecule has 9 heteroatoms. The Balaban J connectivity index is 2.15. The van der Waals surface area contributed by atoms with E-state index in [1.807, 2.05) is 0 Å². The second-order valence-electron chi connectivity index (χ2n) is 5.34. The van der Waals surface area contributed by atoms with E-state index in [-0.39, 0.29) is 16.8 Å². The molecule has 0 unspecified atom stereocenters. The summed E-state index contributed by atoms with van der Waals surface area (Å²) in [5.74, 6) is -0.653. The number of hydrogen-bond acceptors (Lipinski definition) is 4. The van der Waals surface area contributed by atoms with Crippen molar-refractivity contribution >= 4 is 23.1 Å². The average molecular weight is 357 g/mol. The Hall–Kier alpha value is -3.67. The van der Waals surface area contributed by atoms with Crippen molar-refractivity contribution in [3.8, 4) is 17.3 Å². The SMILES string of the molecule is N#Cc1cc(-c2cnc3[nH]cc(C=CC(N)=O)c3n2)cc(C(F)(F)F)c1. The summed E-state index contributed by atoms with van der Waals surface area (Å²) >= 11 is 0. The van der Waals surface area contributed by atoms with Gasteiger partial charge in [0.1, 0.15) is 5.52 Å². The van der Waals surface area contributed by atoms with E-state index < -0.39 is 17.6 Å². The van der Waals surface area contributed by atoms with Crippen molar-refractivity contribution in [3.63, 3.8) is 0 Å². The summed E-state index contributed by atoms with van der Waals surface area (Å²) in [6.45, 7) is 0. The monoisotopic (exact) mass is 357 g/mol. The third-order valence-electron chi connectivity index (χ3n) is 3.52. The van der Waals surface area contributed by atoms with E-state index in [1.165, 1.54) is 18.3 Å². The van der Waals surface area contributed by atoms with Crippen LogP contribution in [0.2, 0.25) is 0 Å². The van der Waals surface area contributed by atoms with Crippen molar-refractivity contribution in [1.82, 2.24) is 15.0 Å². The molecule has 2 aromatic heterocycles. The summed E-state index contributed by atoms with van der Waals surface area (Å²) in [5.41, 5.74) is 5.49. The number of nitrogens with one attached hydrogen (secondary N) is 1. The number of carbonyl (C=O) groups excluding carboxylic acids is 1. The summed E-state index contributed by atoms with van der Waals surface area (Å²) in [5, 5.41) is 8.99. The number of alkyl halides is 3. The first-order valence-electron chi connectivity index (χ1n) is 7.22. The van der Waals surface area contributed by atoms with E-state index >= 15 is 0 Å². The molecule has 3 aromatic rings. The lowest BCUT2D eigenvalue weighted by atomic mass is 10.0. The molecule has 0 fully saturated rings. The molecule has 1 aromatic carbocycles. The molecule has 0 spiro atoms. The van der Waals surface area contributed by atoms with E-state index in [2.05, 4.69) is 15.0 Å². The topological polar surface area (TPSA) is 108 Å². The summed E-state index contributed by atoms with van der Waals surface area (Å²) in [6, 6.07) is 4.69. The number of amides is 1. The number of aromatic amines is 1. The fourth-order valence-electron chi connectivity index (χ4n) is 2.35. The molecule has 2 heterocycles. The van der Waals surface area contributed by atoms with Crippen LogP contribution in [0.3, 0.4) is 0 Å². The second-order valence-corrected chi connectivity index (χ2v) is 5.34. The van der Waals surface area contributed by atoms with E-state index in [1.54, 1.807) is 12.3 Å². The van der Waals surface area contributed by atoms with E-state index in [4.69, 9.17) is 11.0 Å². The molecule has 3 rings (SSSR count). The second kappa shape index (κ2) is 6.33. The van der Waals surface area contributed by atoms with Crippen molar-refractivity contribution < 1.29 is 18.0 Å². The Morgan fingerprint density at radius 1 is 1.31 bits per heavy atom.